The fourth-order valence-electron chi connectivity index (χ4n) is 2.60. The van der Waals surface area contributed by atoms with Crippen molar-refractivity contribution in [1.29, 1.82) is 0 Å². The molecule has 1 aliphatic heterocycles. The molecule has 8 nitrogen and oxygen atoms in total. The maximum absolute atomic E-state index is 12.9. The maximum atomic E-state index is 12.9. The number of benzene rings is 1. The number of nitrogens with one attached hydrogen (secondary N) is 1. The molecule has 1 unspecified atom stereocenters. The molecule has 2 rings (SSSR count). The van der Waals surface area contributed by atoms with Gasteiger partial charge in [0.05, 0.1) is 5.57 Å². The highest BCUT2D eigenvalue weighted by molar-refractivity contribution is 6.02. The van der Waals surface area contributed by atoms with E-state index in [1.54, 1.807) is 70.1 Å². The van der Waals surface area contributed by atoms with Crippen LogP contribution in [0.4, 0.5) is 0 Å². The number of amides is 1. The van der Waals surface area contributed by atoms with E-state index in [4.69, 9.17) is 9.47 Å². The summed E-state index contributed by atoms with van der Waals surface area (Å²) < 4.78 is 10.7. The van der Waals surface area contributed by atoms with Gasteiger partial charge in [0.1, 0.15) is 17.3 Å². The molecule has 156 valence electrons. The molecule has 0 bridgehead atoms. The third kappa shape index (κ3) is 6.17. The summed E-state index contributed by atoms with van der Waals surface area (Å²) in [4.78, 5) is 43.2. The molecule has 0 aliphatic carbocycles. The largest absolute Gasteiger partial charge is 0.456 e. The molecular formula is C21H27N3O5. The summed E-state index contributed by atoms with van der Waals surface area (Å²) in [5, 5.41) is 2.63. The van der Waals surface area contributed by atoms with Gasteiger partial charge in [0.15, 0.2) is 0 Å². The van der Waals surface area contributed by atoms with Crippen LogP contribution in [0.3, 0.4) is 0 Å². The highest BCUT2D eigenvalue weighted by Gasteiger charge is 2.32. The summed E-state index contributed by atoms with van der Waals surface area (Å²) in [5.41, 5.74) is 0.0609. The Morgan fingerprint density at radius 1 is 1.14 bits per heavy atom. The van der Waals surface area contributed by atoms with Gasteiger partial charge in [-0.1, -0.05) is 30.3 Å². The van der Waals surface area contributed by atoms with Crippen LogP contribution < -0.4 is 5.32 Å². The Morgan fingerprint density at radius 3 is 2.28 bits per heavy atom. The Kier molecular flexibility index (Phi) is 6.79. The van der Waals surface area contributed by atoms with Gasteiger partial charge >= 0.3 is 11.9 Å². The molecule has 0 saturated heterocycles. The van der Waals surface area contributed by atoms with E-state index in [0.717, 1.165) is 0 Å². The summed E-state index contributed by atoms with van der Waals surface area (Å²) in [7, 11) is 3.59. The maximum Gasteiger partial charge on any atom is 0.338 e. The van der Waals surface area contributed by atoms with Crippen molar-refractivity contribution in [1.82, 2.24) is 10.2 Å². The van der Waals surface area contributed by atoms with Crippen LogP contribution in [0.25, 0.3) is 0 Å². The van der Waals surface area contributed by atoms with Gasteiger partial charge in [-0.15, -0.1) is 0 Å². The van der Waals surface area contributed by atoms with Crippen LogP contribution >= 0.6 is 0 Å². The first-order chi connectivity index (χ1) is 13.5. The zero-order valence-corrected chi connectivity index (χ0v) is 17.6. The monoisotopic (exact) mass is 401 g/mol. The van der Waals surface area contributed by atoms with Crippen molar-refractivity contribution in [2.24, 2.45) is 4.99 Å². The van der Waals surface area contributed by atoms with Crippen LogP contribution in [-0.4, -0.2) is 48.3 Å². The predicted molar refractivity (Wildman–Crippen MR) is 108 cm³/mol. The summed E-state index contributed by atoms with van der Waals surface area (Å²) in [6.07, 6.45) is -0.944. The van der Waals surface area contributed by atoms with Crippen LogP contribution in [0.15, 0.2) is 46.7 Å². The molecule has 0 saturated carbocycles. The number of hydrogen-bond acceptors (Lipinski definition) is 7. The molecule has 0 aromatic heterocycles. The average molecular weight is 401 g/mol. The second-order valence-electron chi connectivity index (χ2n) is 7.82. The lowest BCUT2D eigenvalue weighted by Gasteiger charge is -2.21. The van der Waals surface area contributed by atoms with Crippen molar-refractivity contribution in [3.63, 3.8) is 0 Å². The molecular weight excluding hydrogens is 374 g/mol. The molecule has 8 heteroatoms. The number of nitrogens with zero attached hydrogens (tertiary/aromatic N) is 2. The fourth-order valence-corrected chi connectivity index (χ4v) is 2.60. The molecule has 1 heterocycles. The van der Waals surface area contributed by atoms with Gasteiger partial charge in [-0.2, -0.15) is 0 Å². The Bertz CT molecular complexity index is 851. The SMILES string of the molecule is CC(=O)OC(C(=O)NC1=C(C(=O)OC(C)(C)C)CC(N(C)C)=N1)c1ccccc1. The number of carbonyl (C=O) groups excluding carboxylic acids is 3. The number of hydrogen-bond donors (Lipinski definition) is 1. The van der Waals surface area contributed by atoms with Gasteiger partial charge < -0.3 is 19.7 Å². The number of ether oxygens (including phenoxy) is 2. The van der Waals surface area contributed by atoms with E-state index in [9.17, 15) is 14.4 Å². The van der Waals surface area contributed by atoms with Gasteiger partial charge in [-0.05, 0) is 20.8 Å². The van der Waals surface area contributed by atoms with Crippen molar-refractivity contribution in [3.05, 3.63) is 47.3 Å². The van der Waals surface area contributed by atoms with Crippen molar-refractivity contribution < 1.29 is 23.9 Å². The summed E-state index contributed by atoms with van der Waals surface area (Å²) >= 11 is 0. The van der Waals surface area contributed by atoms with Gasteiger partial charge in [0.25, 0.3) is 5.91 Å². The normalized spacial score (nSPS) is 14.8. The molecule has 1 atom stereocenters. The standard InChI is InChI=1S/C21H27N3O5/c1-13(25)28-17(14-10-8-7-9-11-14)19(26)23-18-15(12-16(22-18)24(5)6)20(27)29-21(2,3)4/h7-11,17H,12H2,1-6H3,(H,23,26). The summed E-state index contributed by atoms with van der Waals surface area (Å²) in [6.45, 7) is 6.52. The molecule has 1 amide bonds. The minimum Gasteiger partial charge on any atom is -0.456 e. The highest BCUT2D eigenvalue weighted by Crippen LogP contribution is 2.25. The first kappa shape index (κ1) is 22.1. The van der Waals surface area contributed by atoms with E-state index >= 15 is 0 Å². The van der Waals surface area contributed by atoms with Crippen LogP contribution in [0.2, 0.25) is 0 Å². The summed E-state index contributed by atoms with van der Waals surface area (Å²) in [5.74, 6) is -1.06. The molecule has 0 spiro atoms. The van der Waals surface area contributed by atoms with Gasteiger partial charge in [-0.3, -0.25) is 9.59 Å². The number of amidine groups is 1. The van der Waals surface area contributed by atoms with Gasteiger partial charge in [-0.25, -0.2) is 9.79 Å². The third-order valence-corrected chi connectivity index (χ3v) is 3.89. The quantitative estimate of drug-likeness (QED) is 0.761. The van der Waals surface area contributed by atoms with E-state index in [-0.39, 0.29) is 17.8 Å². The van der Waals surface area contributed by atoms with Crippen molar-refractivity contribution in [3.8, 4) is 0 Å². The third-order valence-electron chi connectivity index (χ3n) is 3.89. The Morgan fingerprint density at radius 2 is 1.76 bits per heavy atom. The Hall–Kier alpha value is -3.16. The number of carbonyl (C=O) groups is 3. The van der Waals surface area contributed by atoms with Gasteiger partial charge in [0.2, 0.25) is 6.10 Å². The molecule has 0 radical (unpaired) electrons. The molecule has 1 aromatic rings. The lowest BCUT2D eigenvalue weighted by molar-refractivity contribution is -0.154. The van der Waals surface area contributed by atoms with E-state index in [1.807, 2.05) is 0 Å². The first-order valence-electron chi connectivity index (χ1n) is 9.22. The fraction of sp³-hybridized carbons (Fsp3) is 0.429. The number of aliphatic imine (C=N–C) groups is 1. The molecule has 29 heavy (non-hydrogen) atoms. The Labute approximate surface area is 170 Å². The smallest absolute Gasteiger partial charge is 0.338 e. The lowest BCUT2D eigenvalue weighted by Crippen LogP contribution is -2.32. The average Bonchev–Trinajstić information content (AvgIpc) is 3.03. The van der Waals surface area contributed by atoms with E-state index < -0.39 is 29.6 Å². The van der Waals surface area contributed by atoms with Crippen molar-refractivity contribution in [2.75, 3.05) is 14.1 Å². The van der Waals surface area contributed by atoms with Crippen LogP contribution in [0, 0.1) is 0 Å². The minimum absolute atomic E-state index is 0.0982. The molecule has 1 aromatic carbocycles. The van der Waals surface area contributed by atoms with Gasteiger partial charge in [0, 0.05) is 33.0 Å². The lowest BCUT2D eigenvalue weighted by atomic mass is 10.1. The van der Waals surface area contributed by atoms with E-state index in [0.29, 0.717) is 11.4 Å². The second-order valence-corrected chi connectivity index (χ2v) is 7.82. The van der Waals surface area contributed by atoms with Crippen molar-refractivity contribution in [2.45, 2.75) is 45.8 Å². The Balaban J connectivity index is 2.33. The predicted octanol–water partition coefficient (Wildman–Crippen LogP) is 2.32. The van der Waals surface area contributed by atoms with Crippen LogP contribution in [0.5, 0.6) is 0 Å². The first-order valence-corrected chi connectivity index (χ1v) is 9.22. The molecule has 1 N–H and O–H groups in total. The van der Waals surface area contributed by atoms with E-state index in [2.05, 4.69) is 10.3 Å². The van der Waals surface area contributed by atoms with Crippen LogP contribution in [-0.2, 0) is 23.9 Å². The second kappa shape index (κ2) is 8.89. The minimum atomic E-state index is -1.17. The topological polar surface area (TPSA) is 97.3 Å². The zero-order chi connectivity index (χ0) is 21.8. The number of rotatable bonds is 5. The molecule has 1 aliphatic rings. The number of esters is 2. The van der Waals surface area contributed by atoms with Crippen molar-refractivity contribution >= 4 is 23.7 Å². The van der Waals surface area contributed by atoms with E-state index in [1.165, 1.54) is 6.92 Å². The zero-order valence-electron chi connectivity index (χ0n) is 17.6. The van der Waals surface area contributed by atoms with Crippen LogP contribution in [0.1, 0.15) is 45.8 Å². The summed E-state index contributed by atoms with van der Waals surface area (Å²) in [6, 6.07) is 8.63. The highest BCUT2D eigenvalue weighted by atomic mass is 16.6. The molecule has 0 fully saturated rings.